The van der Waals surface area contributed by atoms with Crippen molar-refractivity contribution in [3.63, 3.8) is 0 Å². The number of nitrogens with zero attached hydrogens (tertiary/aromatic N) is 1. The molecule has 0 bridgehead atoms. The third-order valence-corrected chi connectivity index (χ3v) is 5.32. The number of nitrogens with one attached hydrogen (secondary N) is 1. The molecule has 2 aliphatic heterocycles. The lowest BCUT2D eigenvalue weighted by molar-refractivity contribution is -0.120. The molecule has 0 saturated heterocycles. The zero-order valence-electron chi connectivity index (χ0n) is 15.1. The third kappa shape index (κ3) is 3.51. The summed E-state index contributed by atoms with van der Waals surface area (Å²) in [6, 6.07) is 3.56. The van der Waals surface area contributed by atoms with Crippen molar-refractivity contribution < 1.29 is 14.3 Å². The van der Waals surface area contributed by atoms with Gasteiger partial charge in [0.15, 0.2) is 0 Å². The van der Waals surface area contributed by atoms with E-state index in [9.17, 15) is 9.59 Å². The van der Waals surface area contributed by atoms with Gasteiger partial charge in [0.1, 0.15) is 11.4 Å². The van der Waals surface area contributed by atoms with Gasteiger partial charge in [-0.15, -0.1) is 0 Å². The van der Waals surface area contributed by atoms with Crippen LogP contribution < -0.4 is 10.1 Å². The molecular formula is C20H21BrN2O3. The average Bonchev–Trinajstić information content (AvgIpc) is 2.91. The highest BCUT2D eigenvalue weighted by atomic mass is 79.9. The van der Waals surface area contributed by atoms with Crippen LogP contribution >= 0.6 is 15.9 Å². The quantitative estimate of drug-likeness (QED) is 0.761. The van der Waals surface area contributed by atoms with Crippen molar-refractivity contribution in [2.45, 2.75) is 32.8 Å². The molecule has 5 nitrogen and oxygen atoms in total. The molecular weight excluding hydrogens is 396 g/mol. The van der Waals surface area contributed by atoms with Crippen LogP contribution in [-0.2, 0) is 11.2 Å². The number of allylic oxidation sites excluding steroid dienone is 1. The van der Waals surface area contributed by atoms with Crippen LogP contribution in [0.1, 0.15) is 36.7 Å². The van der Waals surface area contributed by atoms with E-state index in [1.165, 1.54) is 0 Å². The van der Waals surface area contributed by atoms with Gasteiger partial charge in [-0.3, -0.25) is 9.59 Å². The van der Waals surface area contributed by atoms with Gasteiger partial charge < -0.3 is 10.1 Å². The summed E-state index contributed by atoms with van der Waals surface area (Å²) < 4.78 is 6.67. The molecule has 6 heteroatoms. The Bertz CT molecular complexity index is 872. The van der Waals surface area contributed by atoms with Crippen LogP contribution in [-0.4, -0.2) is 29.7 Å². The van der Waals surface area contributed by atoms with Crippen molar-refractivity contribution in [3.05, 3.63) is 52.0 Å². The summed E-state index contributed by atoms with van der Waals surface area (Å²) in [5.74, 6) is -0.108. The molecule has 2 unspecified atom stereocenters. The molecule has 0 aliphatic carbocycles. The van der Waals surface area contributed by atoms with E-state index in [4.69, 9.17) is 4.74 Å². The first kappa shape index (κ1) is 18.6. The summed E-state index contributed by atoms with van der Waals surface area (Å²) in [7, 11) is 0. The highest BCUT2D eigenvalue weighted by molar-refractivity contribution is 9.10. The molecule has 2 heterocycles. The maximum Gasteiger partial charge on any atom is 0.254 e. The Morgan fingerprint density at radius 3 is 2.88 bits per heavy atom. The van der Waals surface area contributed by atoms with Crippen molar-refractivity contribution >= 4 is 33.5 Å². The summed E-state index contributed by atoms with van der Waals surface area (Å²) in [5, 5.41) is 2.85. The normalized spacial score (nSPS) is 24.3. The number of hydrogen-bond donors (Lipinski definition) is 1. The molecule has 0 fully saturated rings. The largest absolute Gasteiger partial charge is 0.482 e. The molecule has 2 amide bonds. The van der Waals surface area contributed by atoms with Crippen molar-refractivity contribution in [2.75, 3.05) is 6.54 Å². The maximum atomic E-state index is 12.6. The van der Waals surface area contributed by atoms with Gasteiger partial charge in [0.25, 0.3) is 11.8 Å². The topological polar surface area (TPSA) is 67.8 Å². The van der Waals surface area contributed by atoms with Crippen LogP contribution in [0.4, 0.5) is 0 Å². The Balaban J connectivity index is 1.73. The molecule has 3 rings (SSSR count). The average molecular weight is 417 g/mol. The number of halogens is 1. The van der Waals surface area contributed by atoms with Crippen LogP contribution in [0.2, 0.25) is 0 Å². The van der Waals surface area contributed by atoms with Gasteiger partial charge in [0, 0.05) is 29.8 Å². The second-order valence-electron chi connectivity index (χ2n) is 6.98. The second-order valence-corrected chi connectivity index (χ2v) is 7.84. The summed E-state index contributed by atoms with van der Waals surface area (Å²) >= 11 is 3.48. The van der Waals surface area contributed by atoms with Gasteiger partial charge in [-0.25, -0.2) is 4.99 Å². The van der Waals surface area contributed by atoms with E-state index in [2.05, 4.69) is 32.8 Å². The zero-order chi connectivity index (χ0) is 19.1. The predicted molar refractivity (Wildman–Crippen MR) is 105 cm³/mol. The van der Waals surface area contributed by atoms with E-state index in [1.807, 2.05) is 26.0 Å². The molecule has 0 aromatic heterocycles. The number of rotatable bonds is 4. The number of carbonyl (C=O) groups is 2. The Hall–Kier alpha value is -2.21. The molecule has 0 spiro atoms. The minimum absolute atomic E-state index is 0.215. The molecule has 1 aromatic rings. The van der Waals surface area contributed by atoms with Crippen molar-refractivity contribution in [3.8, 4) is 5.75 Å². The van der Waals surface area contributed by atoms with Crippen molar-refractivity contribution in [2.24, 2.45) is 10.9 Å². The first-order valence-corrected chi connectivity index (χ1v) is 9.22. The zero-order valence-corrected chi connectivity index (χ0v) is 16.6. The molecule has 26 heavy (non-hydrogen) atoms. The highest BCUT2D eigenvalue weighted by Crippen LogP contribution is 2.41. The number of hydrogen-bond acceptors (Lipinski definition) is 3. The smallest absolute Gasteiger partial charge is 0.254 e. The fourth-order valence-corrected chi connectivity index (χ4v) is 3.82. The van der Waals surface area contributed by atoms with Gasteiger partial charge in [-0.05, 0) is 61.0 Å². The maximum absolute atomic E-state index is 12.6. The molecule has 0 saturated carbocycles. The van der Waals surface area contributed by atoms with E-state index >= 15 is 0 Å². The Kier molecular flexibility index (Phi) is 4.88. The third-order valence-electron chi connectivity index (χ3n) is 4.73. The summed E-state index contributed by atoms with van der Waals surface area (Å²) in [4.78, 5) is 28.6. The second kappa shape index (κ2) is 6.83. The van der Waals surface area contributed by atoms with Crippen LogP contribution in [0.3, 0.4) is 0 Å². The molecule has 136 valence electrons. The van der Waals surface area contributed by atoms with E-state index in [0.717, 1.165) is 21.4 Å². The number of dihydropyridines is 1. The minimum Gasteiger partial charge on any atom is -0.482 e. The van der Waals surface area contributed by atoms with E-state index < -0.39 is 11.5 Å². The van der Waals surface area contributed by atoms with E-state index in [1.54, 1.807) is 19.1 Å². The van der Waals surface area contributed by atoms with Crippen LogP contribution in [0, 0.1) is 5.92 Å². The molecule has 0 radical (unpaired) electrons. The molecule has 2 aliphatic rings. The molecule has 2 atom stereocenters. The first-order valence-electron chi connectivity index (χ1n) is 8.43. The standard InChI is InChI=1S/C20H21BrN2O3/c1-5-20(4)9-14-7-13(8-16(21)17(14)26-20)18(24)22-10-15-11(2)6-12(3)23-19(15)25/h5-8,15H,1,9-10H2,2-4H3,(H,22,24). The van der Waals surface area contributed by atoms with Crippen LogP contribution in [0.15, 0.2) is 45.9 Å². The van der Waals surface area contributed by atoms with Gasteiger partial charge in [-0.2, -0.15) is 0 Å². The van der Waals surface area contributed by atoms with E-state index in [0.29, 0.717) is 17.7 Å². The predicted octanol–water partition coefficient (Wildman–Crippen LogP) is 3.62. The monoisotopic (exact) mass is 416 g/mol. The first-order chi connectivity index (χ1) is 12.2. The Morgan fingerprint density at radius 2 is 2.23 bits per heavy atom. The lowest BCUT2D eigenvalue weighted by Gasteiger charge is -2.19. The summed E-state index contributed by atoms with van der Waals surface area (Å²) in [5.41, 5.74) is 2.62. The fourth-order valence-electron chi connectivity index (χ4n) is 3.24. The number of ether oxygens (including phenoxy) is 1. The summed E-state index contributed by atoms with van der Waals surface area (Å²) in [6.45, 7) is 9.67. The van der Waals surface area contributed by atoms with Crippen molar-refractivity contribution in [1.82, 2.24) is 5.32 Å². The number of amides is 2. The van der Waals surface area contributed by atoms with Gasteiger partial charge in [0.05, 0.1) is 10.4 Å². The summed E-state index contributed by atoms with van der Waals surface area (Å²) in [6.07, 6.45) is 4.30. The molecule has 1 aromatic carbocycles. The van der Waals surface area contributed by atoms with E-state index in [-0.39, 0.29) is 18.4 Å². The number of aliphatic imine (C=N–C) groups is 1. The van der Waals surface area contributed by atoms with Gasteiger partial charge >= 0.3 is 0 Å². The SMILES string of the molecule is C=CC1(C)Cc2cc(C(=O)NCC3C(=O)N=C(C)C=C3C)cc(Br)c2O1. The van der Waals surface area contributed by atoms with Gasteiger partial charge in [-0.1, -0.05) is 12.2 Å². The number of fused-ring (bicyclic) bond motifs is 1. The highest BCUT2D eigenvalue weighted by Gasteiger charge is 2.34. The Morgan fingerprint density at radius 1 is 1.50 bits per heavy atom. The van der Waals surface area contributed by atoms with Crippen LogP contribution in [0.5, 0.6) is 5.75 Å². The minimum atomic E-state index is -0.466. The van der Waals surface area contributed by atoms with Crippen LogP contribution in [0.25, 0.3) is 0 Å². The lowest BCUT2D eigenvalue weighted by Crippen LogP contribution is -2.34. The number of carbonyl (C=O) groups excluding carboxylic acids is 2. The number of benzene rings is 1. The Labute approximate surface area is 161 Å². The van der Waals surface area contributed by atoms with Crippen molar-refractivity contribution in [1.29, 1.82) is 0 Å². The fraction of sp³-hybridized carbons (Fsp3) is 0.350. The lowest BCUT2D eigenvalue weighted by atomic mass is 9.95. The van der Waals surface area contributed by atoms with Gasteiger partial charge in [0.2, 0.25) is 0 Å². The molecule has 1 N–H and O–H groups in total.